The van der Waals surface area contributed by atoms with Crippen molar-refractivity contribution in [1.29, 1.82) is 0 Å². The van der Waals surface area contributed by atoms with Gasteiger partial charge in [0.15, 0.2) is 0 Å². The van der Waals surface area contributed by atoms with Crippen molar-refractivity contribution in [3.63, 3.8) is 0 Å². The van der Waals surface area contributed by atoms with Crippen molar-refractivity contribution in [3.8, 4) is 0 Å². The van der Waals surface area contributed by atoms with E-state index in [0.717, 1.165) is 22.9 Å². The van der Waals surface area contributed by atoms with E-state index in [0.29, 0.717) is 6.42 Å². The molecule has 0 aromatic heterocycles. The Hall–Kier alpha value is -1.72. The minimum Gasteiger partial charge on any atom is -0.288 e. The molecule has 1 aliphatic heterocycles. The van der Waals surface area contributed by atoms with E-state index in [1.54, 1.807) is 6.29 Å². The van der Waals surface area contributed by atoms with Crippen LogP contribution in [0.3, 0.4) is 0 Å². The van der Waals surface area contributed by atoms with E-state index in [9.17, 15) is 19.2 Å². The van der Waals surface area contributed by atoms with Crippen LogP contribution in [0.5, 0.6) is 0 Å². The van der Waals surface area contributed by atoms with Crippen LogP contribution in [0.4, 0.5) is 0 Å². The van der Waals surface area contributed by atoms with Crippen molar-refractivity contribution in [1.82, 2.24) is 10.0 Å². The molecule has 1 radical (unpaired) electrons. The fraction of sp³-hybridized carbons (Fsp3) is 0.692. The van der Waals surface area contributed by atoms with Crippen molar-refractivity contribution in [2.24, 2.45) is 0 Å². The maximum Gasteiger partial charge on any atom is 0.248 e. The predicted octanol–water partition coefficient (Wildman–Crippen LogP) is 0.957. The first kappa shape index (κ1) is 15.3. The molecule has 0 aromatic rings. The molecule has 105 valence electrons. The Balaban J connectivity index is 2.82. The van der Waals surface area contributed by atoms with Crippen LogP contribution in [0.25, 0.3) is 0 Å². The maximum absolute atomic E-state index is 12.1. The van der Waals surface area contributed by atoms with Crippen LogP contribution in [0, 0.1) is 0 Å². The average molecular weight is 267 g/mol. The topological polar surface area (TPSA) is 74.8 Å². The number of carbonyl (C=O) groups excluding carboxylic acids is 4. The molecule has 0 aromatic carbocycles. The number of nitrogens with zero attached hydrogens (tertiary/aromatic N) is 2. The summed E-state index contributed by atoms with van der Waals surface area (Å²) in [6, 6.07) is -0.930. The van der Waals surface area contributed by atoms with E-state index in [1.165, 1.54) is 6.92 Å². The molecule has 0 aliphatic carbocycles. The lowest BCUT2D eigenvalue weighted by Gasteiger charge is -2.32. The van der Waals surface area contributed by atoms with E-state index in [1.807, 2.05) is 6.92 Å². The summed E-state index contributed by atoms with van der Waals surface area (Å²) in [5.41, 5.74) is 0. The van der Waals surface area contributed by atoms with Crippen LogP contribution in [0.15, 0.2) is 0 Å². The summed E-state index contributed by atoms with van der Waals surface area (Å²) in [5.74, 6) is -1.25. The van der Waals surface area contributed by atoms with Gasteiger partial charge in [0.2, 0.25) is 24.0 Å². The van der Waals surface area contributed by atoms with Crippen molar-refractivity contribution in [3.05, 3.63) is 0 Å². The molecular weight excluding hydrogens is 248 g/mol. The molecule has 1 saturated heterocycles. The van der Waals surface area contributed by atoms with Crippen LogP contribution >= 0.6 is 0 Å². The zero-order valence-electron chi connectivity index (χ0n) is 11.3. The van der Waals surface area contributed by atoms with E-state index in [4.69, 9.17) is 0 Å². The molecule has 1 heterocycles. The first-order chi connectivity index (χ1) is 9.02. The van der Waals surface area contributed by atoms with Gasteiger partial charge in [-0.15, -0.1) is 0 Å². The quantitative estimate of drug-likeness (QED) is 0.508. The molecule has 0 N–H and O–H groups in total. The van der Waals surface area contributed by atoms with Crippen LogP contribution in [0.1, 0.15) is 52.4 Å². The Morgan fingerprint density at radius 1 is 1.32 bits per heavy atom. The van der Waals surface area contributed by atoms with E-state index in [-0.39, 0.29) is 25.2 Å². The lowest BCUT2D eigenvalue weighted by Crippen LogP contribution is -2.54. The Morgan fingerprint density at radius 3 is 2.37 bits per heavy atom. The first-order valence-electron chi connectivity index (χ1n) is 6.58. The molecule has 6 heteroatoms. The molecule has 1 atom stereocenters. The molecule has 19 heavy (non-hydrogen) atoms. The van der Waals surface area contributed by atoms with E-state index >= 15 is 0 Å². The number of hydrogen-bond donors (Lipinski definition) is 0. The lowest BCUT2D eigenvalue weighted by molar-refractivity contribution is -0.170. The van der Waals surface area contributed by atoms with Gasteiger partial charge in [0.05, 0.1) is 0 Å². The fourth-order valence-corrected chi connectivity index (χ4v) is 2.00. The fourth-order valence-electron chi connectivity index (χ4n) is 2.00. The van der Waals surface area contributed by atoms with Crippen LogP contribution in [-0.2, 0) is 19.2 Å². The minimum atomic E-state index is -0.930. The smallest absolute Gasteiger partial charge is 0.248 e. The van der Waals surface area contributed by atoms with Crippen LogP contribution in [0.2, 0.25) is 0 Å². The third-order valence-electron chi connectivity index (χ3n) is 3.03. The minimum absolute atomic E-state index is 0.0865. The molecule has 1 fully saturated rings. The van der Waals surface area contributed by atoms with Gasteiger partial charge in [-0.1, -0.05) is 19.8 Å². The van der Waals surface area contributed by atoms with E-state index < -0.39 is 17.9 Å². The van der Waals surface area contributed by atoms with Gasteiger partial charge in [0.1, 0.15) is 6.04 Å². The summed E-state index contributed by atoms with van der Waals surface area (Å²) in [6.07, 6.45) is 4.58. The average Bonchev–Trinajstić information content (AvgIpc) is 2.71. The highest BCUT2D eigenvalue weighted by molar-refractivity contribution is 6.03. The highest BCUT2D eigenvalue weighted by atomic mass is 16.2. The van der Waals surface area contributed by atoms with Gasteiger partial charge >= 0.3 is 0 Å². The highest BCUT2D eigenvalue weighted by Crippen LogP contribution is 2.18. The summed E-state index contributed by atoms with van der Waals surface area (Å²) in [6.45, 7) is 3.46. The summed E-state index contributed by atoms with van der Waals surface area (Å²) >= 11 is 0. The molecule has 0 saturated carbocycles. The third kappa shape index (κ3) is 3.62. The normalized spacial score (nSPS) is 16.6. The van der Waals surface area contributed by atoms with Crippen LogP contribution < -0.4 is 0 Å². The molecule has 6 nitrogen and oxygen atoms in total. The van der Waals surface area contributed by atoms with E-state index in [2.05, 4.69) is 0 Å². The molecular formula is C13H19N2O4. The number of hydrazine groups is 1. The zero-order chi connectivity index (χ0) is 14.4. The molecule has 3 amide bonds. The summed E-state index contributed by atoms with van der Waals surface area (Å²) in [4.78, 5) is 46.2. The molecule has 1 unspecified atom stereocenters. The molecule has 0 spiro atoms. The van der Waals surface area contributed by atoms with Crippen molar-refractivity contribution in [2.45, 2.75) is 58.4 Å². The number of carbonyl (C=O) groups is 3. The third-order valence-corrected chi connectivity index (χ3v) is 3.03. The van der Waals surface area contributed by atoms with Crippen molar-refractivity contribution in [2.75, 3.05) is 0 Å². The number of amides is 3. The first-order valence-corrected chi connectivity index (χ1v) is 6.58. The summed E-state index contributed by atoms with van der Waals surface area (Å²) < 4.78 is 0. The summed E-state index contributed by atoms with van der Waals surface area (Å²) in [5, 5.41) is 1.77. The second-order valence-electron chi connectivity index (χ2n) is 4.59. The number of hydrogen-bond acceptors (Lipinski definition) is 4. The van der Waals surface area contributed by atoms with Gasteiger partial charge in [0.25, 0.3) is 0 Å². The molecule has 0 bridgehead atoms. The Morgan fingerprint density at radius 2 is 1.89 bits per heavy atom. The van der Waals surface area contributed by atoms with Gasteiger partial charge in [-0.25, -0.2) is 5.01 Å². The number of rotatable bonds is 7. The van der Waals surface area contributed by atoms with Crippen molar-refractivity contribution < 1.29 is 19.2 Å². The zero-order valence-corrected chi connectivity index (χ0v) is 11.3. The number of unbranched alkanes of at least 4 members (excludes halogenated alkanes) is 2. The molecule has 1 rings (SSSR count). The molecule has 1 aliphatic rings. The highest BCUT2D eigenvalue weighted by Gasteiger charge is 2.38. The standard InChI is InChI=1S/C13H19N2O4/c1-3-4-5-6-11(17)14(10(2)9-16)15-12(18)7-8-13(15)19/h10H,3-8H2,1-2H3. The largest absolute Gasteiger partial charge is 0.288 e. The van der Waals surface area contributed by atoms with Gasteiger partial charge in [-0.05, 0) is 13.3 Å². The summed E-state index contributed by atoms with van der Waals surface area (Å²) in [7, 11) is 0. The van der Waals surface area contributed by atoms with Crippen molar-refractivity contribution >= 4 is 24.0 Å². The Kier molecular flexibility index (Phi) is 5.66. The van der Waals surface area contributed by atoms with Gasteiger partial charge < -0.3 is 0 Å². The van der Waals surface area contributed by atoms with Gasteiger partial charge in [0, 0.05) is 19.3 Å². The number of imide groups is 1. The SMILES string of the molecule is CCCCCC(=O)N(C(C)[C]=O)N1C(=O)CCC1=O. The van der Waals surface area contributed by atoms with Gasteiger partial charge in [-0.3, -0.25) is 19.2 Å². The lowest BCUT2D eigenvalue weighted by atomic mass is 10.2. The second-order valence-corrected chi connectivity index (χ2v) is 4.59. The predicted molar refractivity (Wildman–Crippen MR) is 67.2 cm³/mol. The Bertz CT molecular complexity index is 365. The van der Waals surface area contributed by atoms with Gasteiger partial charge in [-0.2, -0.15) is 5.01 Å². The monoisotopic (exact) mass is 267 g/mol. The van der Waals surface area contributed by atoms with Crippen LogP contribution in [-0.4, -0.2) is 40.1 Å². The Labute approximate surface area is 112 Å². The maximum atomic E-state index is 12.1. The second kappa shape index (κ2) is 7.01.